The summed E-state index contributed by atoms with van der Waals surface area (Å²) < 4.78 is 5.43. The van der Waals surface area contributed by atoms with Crippen LogP contribution in [0.5, 0.6) is 5.75 Å². The van der Waals surface area contributed by atoms with Crippen molar-refractivity contribution < 1.29 is 9.66 Å². The van der Waals surface area contributed by atoms with E-state index in [1.807, 2.05) is 37.3 Å². The number of anilines is 1. The second-order valence-corrected chi connectivity index (χ2v) is 4.53. The molecule has 6 nitrogen and oxygen atoms in total. The number of benzene rings is 2. The molecule has 1 N–H and O–H groups in total. The highest BCUT2D eigenvalue weighted by Crippen LogP contribution is 2.22. The quantitative estimate of drug-likeness (QED) is 0.651. The predicted molar refractivity (Wildman–Crippen MR) is 82.7 cm³/mol. The molecule has 6 heteroatoms. The van der Waals surface area contributed by atoms with E-state index >= 15 is 0 Å². The largest absolute Gasteiger partial charge is 0.494 e. The van der Waals surface area contributed by atoms with Crippen LogP contribution in [0.2, 0.25) is 0 Å². The first-order chi connectivity index (χ1) is 10.6. The van der Waals surface area contributed by atoms with Crippen molar-refractivity contribution in [2.75, 3.05) is 11.9 Å². The van der Waals surface area contributed by atoms with Gasteiger partial charge < -0.3 is 10.1 Å². The van der Waals surface area contributed by atoms with E-state index in [2.05, 4.69) is 5.32 Å². The summed E-state index contributed by atoms with van der Waals surface area (Å²) in [6.07, 6.45) is 0. The van der Waals surface area contributed by atoms with Gasteiger partial charge in [0.1, 0.15) is 11.8 Å². The molecule has 0 heterocycles. The lowest BCUT2D eigenvalue weighted by atomic mass is 10.1. The molecule has 0 fully saturated rings. The molecule has 0 aromatic heterocycles. The number of non-ortho nitro benzene ring substituents is 1. The van der Waals surface area contributed by atoms with Gasteiger partial charge in [-0.3, -0.25) is 10.1 Å². The molecule has 0 aliphatic heterocycles. The van der Waals surface area contributed by atoms with Crippen LogP contribution in [-0.4, -0.2) is 11.5 Å². The van der Waals surface area contributed by atoms with Crippen molar-refractivity contribution in [3.05, 3.63) is 63.7 Å². The van der Waals surface area contributed by atoms with Crippen molar-refractivity contribution in [2.24, 2.45) is 0 Å². The third-order valence-corrected chi connectivity index (χ3v) is 3.03. The van der Waals surface area contributed by atoms with E-state index < -0.39 is 4.92 Å². The molecular weight excluding hydrogens is 282 g/mol. The summed E-state index contributed by atoms with van der Waals surface area (Å²) in [5.74, 6) is 0.783. The van der Waals surface area contributed by atoms with Crippen LogP contribution in [0.15, 0.2) is 42.5 Å². The fraction of sp³-hybridized carbons (Fsp3) is 0.188. The average Bonchev–Trinajstić information content (AvgIpc) is 2.53. The summed E-state index contributed by atoms with van der Waals surface area (Å²) in [4.78, 5) is 10.2. The van der Waals surface area contributed by atoms with E-state index in [1.165, 1.54) is 12.1 Å². The molecule has 0 unspecified atom stereocenters. The Kier molecular flexibility index (Phi) is 4.94. The number of rotatable bonds is 6. The highest BCUT2D eigenvalue weighted by atomic mass is 16.6. The van der Waals surface area contributed by atoms with Crippen molar-refractivity contribution in [2.45, 2.75) is 13.5 Å². The monoisotopic (exact) mass is 297 g/mol. The van der Waals surface area contributed by atoms with E-state index in [1.54, 1.807) is 6.07 Å². The Labute approximate surface area is 128 Å². The zero-order valence-electron chi connectivity index (χ0n) is 12.1. The van der Waals surface area contributed by atoms with E-state index in [0.717, 1.165) is 11.3 Å². The van der Waals surface area contributed by atoms with Gasteiger partial charge in [0.15, 0.2) is 0 Å². The second kappa shape index (κ2) is 7.09. The number of nitrogens with zero attached hydrogens (tertiary/aromatic N) is 2. The van der Waals surface area contributed by atoms with Crippen molar-refractivity contribution in [1.82, 2.24) is 0 Å². The van der Waals surface area contributed by atoms with E-state index in [-0.39, 0.29) is 11.3 Å². The first-order valence-electron chi connectivity index (χ1n) is 6.78. The van der Waals surface area contributed by atoms with Gasteiger partial charge in [-0.05, 0) is 30.7 Å². The molecule has 2 aromatic carbocycles. The fourth-order valence-electron chi connectivity index (χ4n) is 2.00. The Morgan fingerprint density at radius 2 is 2.14 bits per heavy atom. The number of ether oxygens (including phenoxy) is 1. The van der Waals surface area contributed by atoms with E-state index in [4.69, 9.17) is 10.00 Å². The first-order valence-corrected chi connectivity index (χ1v) is 6.78. The fourth-order valence-corrected chi connectivity index (χ4v) is 2.00. The molecule has 2 rings (SSSR count). The number of nitro benzene ring substituents is 1. The normalized spacial score (nSPS) is 9.82. The zero-order valence-corrected chi connectivity index (χ0v) is 12.1. The lowest BCUT2D eigenvalue weighted by Crippen LogP contribution is -2.02. The van der Waals surface area contributed by atoms with Gasteiger partial charge in [-0.15, -0.1) is 0 Å². The maximum absolute atomic E-state index is 10.7. The number of nitrogens with one attached hydrogen (secondary N) is 1. The van der Waals surface area contributed by atoms with Gasteiger partial charge >= 0.3 is 0 Å². The summed E-state index contributed by atoms with van der Waals surface area (Å²) >= 11 is 0. The summed E-state index contributed by atoms with van der Waals surface area (Å²) in [5.41, 5.74) is 1.71. The van der Waals surface area contributed by atoms with Gasteiger partial charge in [0.05, 0.1) is 22.8 Å². The zero-order chi connectivity index (χ0) is 15.9. The molecule has 0 aliphatic carbocycles. The molecule has 0 bridgehead atoms. The summed E-state index contributed by atoms with van der Waals surface area (Å²) in [5, 5.41) is 22.9. The molecule has 0 saturated carbocycles. The number of hydrogen-bond acceptors (Lipinski definition) is 5. The Morgan fingerprint density at radius 1 is 1.32 bits per heavy atom. The van der Waals surface area contributed by atoms with Gasteiger partial charge in [0.25, 0.3) is 5.69 Å². The Balaban J connectivity index is 2.13. The molecule has 0 spiro atoms. The number of nitro groups is 1. The minimum atomic E-state index is -0.518. The number of nitriles is 1. The Hall–Kier alpha value is -3.07. The maximum Gasteiger partial charge on any atom is 0.270 e. The average molecular weight is 297 g/mol. The van der Waals surface area contributed by atoms with E-state index in [9.17, 15) is 10.1 Å². The maximum atomic E-state index is 10.7. The molecular formula is C16H15N3O3. The van der Waals surface area contributed by atoms with Crippen LogP contribution >= 0.6 is 0 Å². The lowest BCUT2D eigenvalue weighted by molar-refractivity contribution is -0.384. The third kappa shape index (κ3) is 3.73. The standard InChI is InChI=1S/C16H15N3O3/c1-2-22-15-5-3-4-12(8-15)11-18-16-7-6-14(19(20)21)9-13(16)10-17/h3-9,18H,2,11H2,1H3. The van der Waals surface area contributed by atoms with Gasteiger partial charge in [0, 0.05) is 18.7 Å². The van der Waals surface area contributed by atoms with Crippen LogP contribution in [0.4, 0.5) is 11.4 Å². The van der Waals surface area contributed by atoms with Gasteiger partial charge in [0.2, 0.25) is 0 Å². The second-order valence-electron chi connectivity index (χ2n) is 4.53. The molecule has 22 heavy (non-hydrogen) atoms. The van der Waals surface area contributed by atoms with Crippen LogP contribution in [-0.2, 0) is 6.54 Å². The molecule has 0 amide bonds. The Morgan fingerprint density at radius 3 is 2.82 bits per heavy atom. The van der Waals surface area contributed by atoms with Gasteiger partial charge in [-0.2, -0.15) is 5.26 Å². The first kappa shape index (κ1) is 15.3. The van der Waals surface area contributed by atoms with Crippen molar-refractivity contribution >= 4 is 11.4 Å². The van der Waals surface area contributed by atoms with Gasteiger partial charge in [-0.1, -0.05) is 12.1 Å². The summed E-state index contributed by atoms with van der Waals surface area (Å²) in [7, 11) is 0. The minimum absolute atomic E-state index is 0.0968. The van der Waals surface area contributed by atoms with Gasteiger partial charge in [-0.25, -0.2) is 0 Å². The number of hydrogen-bond donors (Lipinski definition) is 1. The van der Waals surface area contributed by atoms with Crippen molar-refractivity contribution in [3.8, 4) is 11.8 Å². The summed E-state index contributed by atoms with van der Waals surface area (Å²) in [6, 6.07) is 13.8. The van der Waals surface area contributed by atoms with Crippen LogP contribution in [0.3, 0.4) is 0 Å². The van der Waals surface area contributed by atoms with Crippen LogP contribution in [0.25, 0.3) is 0 Å². The minimum Gasteiger partial charge on any atom is -0.494 e. The van der Waals surface area contributed by atoms with Crippen molar-refractivity contribution in [3.63, 3.8) is 0 Å². The Bertz CT molecular complexity index is 723. The lowest BCUT2D eigenvalue weighted by Gasteiger charge is -2.10. The van der Waals surface area contributed by atoms with Crippen LogP contribution in [0.1, 0.15) is 18.1 Å². The van der Waals surface area contributed by atoms with E-state index in [0.29, 0.717) is 18.8 Å². The molecule has 0 aliphatic rings. The smallest absolute Gasteiger partial charge is 0.270 e. The highest BCUT2D eigenvalue weighted by Gasteiger charge is 2.10. The van der Waals surface area contributed by atoms with Crippen molar-refractivity contribution in [1.29, 1.82) is 5.26 Å². The topological polar surface area (TPSA) is 88.2 Å². The van der Waals surface area contributed by atoms with Crippen LogP contribution < -0.4 is 10.1 Å². The molecule has 112 valence electrons. The van der Waals surface area contributed by atoms with Crippen LogP contribution in [0, 0.1) is 21.4 Å². The third-order valence-electron chi connectivity index (χ3n) is 3.03. The molecule has 2 aromatic rings. The summed E-state index contributed by atoms with van der Waals surface area (Å²) in [6.45, 7) is 3.01. The SMILES string of the molecule is CCOc1cccc(CNc2ccc([N+](=O)[O-])cc2C#N)c1. The highest BCUT2D eigenvalue weighted by molar-refractivity contribution is 5.61. The molecule has 0 saturated heterocycles. The molecule has 0 atom stereocenters. The molecule has 0 radical (unpaired) electrons. The predicted octanol–water partition coefficient (Wildman–Crippen LogP) is 3.48.